The number of carbonyl (C=O) groups excluding carboxylic acids is 3. The first-order valence-corrected chi connectivity index (χ1v) is 15.7. The predicted octanol–water partition coefficient (Wildman–Crippen LogP) is 2.81. The van der Waals surface area contributed by atoms with Gasteiger partial charge in [0.2, 0.25) is 11.8 Å². The van der Waals surface area contributed by atoms with Crippen molar-refractivity contribution in [2.45, 2.75) is 95.2 Å². The van der Waals surface area contributed by atoms with Crippen LogP contribution in [0.2, 0.25) is 0 Å². The van der Waals surface area contributed by atoms with E-state index in [1.165, 1.54) is 35.8 Å². The van der Waals surface area contributed by atoms with Crippen molar-refractivity contribution < 1.29 is 27.5 Å². The molecule has 1 aromatic rings. The van der Waals surface area contributed by atoms with E-state index in [1.54, 1.807) is 12.1 Å². The summed E-state index contributed by atoms with van der Waals surface area (Å²) in [5.41, 5.74) is 5.41. The third kappa shape index (κ3) is 9.08. The fourth-order valence-electron chi connectivity index (χ4n) is 5.44. The largest absolute Gasteiger partial charge is 0.368 e. The lowest BCUT2D eigenvalue weighted by molar-refractivity contribution is -0.134. The van der Waals surface area contributed by atoms with Crippen molar-refractivity contribution in [3.05, 3.63) is 24.4 Å². The molecule has 2 amide bonds. The third-order valence-electron chi connectivity index (χ3n) is 8.18. The number of amides is 2. The van der Waals surface area contributed by atoms with Gasteiger partial charge in [0.1, 0.15) is 12.1 Å². The summed E-state index contributed by atoms with van der Waals surface area (Å²) < 4.78 is 31.6. The first-order chi connectivity index (χ1) is 18.6. The standard InChI is InChI=1S/C14H20N2O3S.C14H24N2O3/c1-11-6-5-9-16(10-13(17)12(11)2)20(18,19)14-7-3-4-8-15-14;15-13(17)11(9-10-5-2-1-3-6-10)16-14(18)12-7-4-8-19-12/h3-4,7-8,11-12H,5-6,9-10H2,1-2H3;10-12H,1-9H2,(H2,15,17)(H,16,18)/t;11-,12+/m.0/s1. The Kier molecular flexibility index (Phi) is 11.9. The lowest BCUT2D eigenvalue weighted by Crippen LogP contribution is -2.48. The molecule has 3 N–H and O–H groups in total. The Morgan fingerprint density at radius 3 is 2.46 bits per heavy atom. The van der Waals surface area contributed by atoms with Gasteiger partial charge in [0.05, 0.1) is 6.54 Å². The average molecular weight is 565 g/mol. The molecule has 4 rings (SSSR count). The third-order valence-corrected chi connectivity index (χ3v) is 9.94. The fourth-order valence-corrected chi connectivity index (χ4v) is 6.82. The van der Waals surface area contributed by atoms with Gasteiger partial charge in [-0.05, 0) is 56.1 Å². The van der Waals surface area contributed by atoms with Crippen molar-refractivity contribution in [1.82, 2.24) is 14.6 Å². The molecule has 0 radical (unpaired) electrons. The van der Waals surface area contributed by atoms with Gasteiger partial charge in [0, 0.05) is 25.3 Å². The summed E-state index contributed by atoms with van der Waals surface area (Å²) in [4.78, 5) is 39.5. The first kappa shape index (κ1) is 31.2. The van der Waals surface area contributed by atoms with Gasteiger partial charge in [-0.15, -0.1) is 0 Å². The number of rotatable bonds is 7. The van der Waals surface area contributed by atoms with Crippen LogP contribution in [0.3, 0.4) is 0 Å². The number of ether oxygens (including phenoxy) is 1. The van der Waals surface area contributed by atoms with E-state index in [1.807, 2.05) is 13.8 Å². The molecule has 3 aliphatic rings. The number of sulfonamides is 1. The van der Waals surface area contributed by atoms with E-state index in [0.29, 0.717) is 31.4 Å². The Hall–Kier alpha value is -2.37. The van der Waals surface area contributed by atoms with Gasteiger partial charge < -0.3 is 15.8 Å². The number of nitrogens with one attached hydrogen (secondary N) is 1. The van der Waals surface area contributed by atoms with Crippen molar-refractivity contribution in [3.8, 4) is 0 Å². The molecule has 1 saturated carbocycles. The average Bonchev–Trinajstić information content (AvgIpc) is 3.48. The van der Waals surface area contributed by atoms with Crippen molar-refractivity contribution in [2.75, 3.05) is 19.7 Å². The fraction of sp³-hybridized carbons (Fsp3) is 0.714. The van der Waals surface area contributed by atoms with E-state index in [2.05, 4.69) is 10.3 Å². The van der Waals surface area contributed by atoms with Crippen LogP contribution in [0.1, 0.15) is 78.1 Å². The molecule has 1 aromatic heterocycles. The maximum Gasteiger partial charge on any atom is 0.260 e. The first-order valence-electron chi connectivity index (χ1n) is 14.2. The molecule has 0 spiro atoms. The molecule has 3 fully saturated rings. The smallest absolute Gasteiger partial charge is 0.260 e. The topological polar surface area (TPSA) is 149 Å². The Morgan fingerprint density at radius 2 is 1.85 bits per heavy atom. The molecule has 2 saturated heterocycles. The number of aromatic nitrogens is 1. The quantitative estimate of drug-likeness (QED) is 0.517. The molecule has 0 bridgehead atoms. The number of pyridine rings is 1. The number of primary amides is 1. The monoisotopic (exact) mass is 564 g/mol. The lowest BCUT2D eigenvalue weighted by Gasteiger charge is -2.28. The highest BCUT2D eigenvalue weighted by Crippen LogP contribution is 2.27. The van der Waals surface area contributed by atoms with Gasteiger partial charge in [-0.2, -0.15) is 4.31 Å². The van der Waals surface area contributed by atoms with Crippen molar-refractivity contribution >= 4 is 27.6 Å². The zero-order valence-corrected chi connectivity index (χ0v) is 24.0. The minimum absolute atomic E-state index is 0.00840. The van der Waals surface area contributed by atoms with Gasteiger partial charge in [-0.3, -0.25) is 14.4 Å². The van der Waals surface area contributed by atoms with E-state index >= 15 is 0 Å². The van der Waals surface area contributed by atoms with E-state index < -0.39 is 28.1 Å². The van der Waals surface area contributed by atoms with Crippen molar-refractivity contribution in [1.29, 1.82) is 0 Å². The van der Waals surface area contributed by atoms with Crippen LogP contribution < -0.4 is 11.1 Å². The highest BCUT2D eigenvalue weighted by molar-refractivity contribution is 7.89. The Bertz CT molecular complexity index is 1060. The van der Waals surface area contributed by atoms with E-state index in [4.69, 9.17) is 10.5 Å². The Morgan fingerprint density at radius 1 is 1.10 bits per heavy atom. The van der Waals surface area contributed by atoms with Crippen LogP contribution in [0.15, 0.2) is 29.4 Å². The molecule has 1 aliphatic carbocycles. The molecule has 10 nitrogen and oxygen atoms in total. The second kappa shape index (κ2) is 14.9. The molecule has 0 aromatic carbocycles. The number of nitrogens with zero attached hydrogens (tertiary/aromatic N) is 2. The normalized spacial score (nSPS) is 26.0. The van der Waals surface area contributed by atoms with Crippen LogP contribution in [0.4, 0.5) is 0 Å². The van der Waals surface area contributed by atoms with E-state index in [9.17, 15) is 22.8 Å². The van der Waals surface area contributed by atoms with Crippen molar-refractivity contribution in [2.24, 2.45) is 23.5 Å². The number of hydrogen-bond donors (Lipinski definition) is 2. The van der Waals surface area contributed by atoms with Gasteiger partial charge in [0.25, 0.3) is 10.0 Å². The summed E-state index contributed by atoms with van der Waals surface area (Å²) >= 11 is 0. The van der Waals surface area contributed by atoms with E-state index in [0.717, 1.165) is 38.5 Å². The van der Waals surface area contributed by atoms with Crippen LogP contribution in [-0.2, 0) is 29.1 Å². The summed E-state index contributed by atoms with van der Waals surface area (Å²) in [6.45, 7) is 4.88. The molecule has 4 atom stereocenters. The summed E-state index contributed by atoms with van der Waals surface area (Å²) in [7, 11) is -3.67. The number of nitrogens with two attached hydrogens (primary N) is 1. The molecular weight excluding hydrogens is 520 g/mol. The van der Waals surface area contributed by atoms with Crippen LogP contribution in [0.25, 0.3) is 0 Å². The number of ketones is 1. The molecule has 2 unspecified atom stereocenters. The second-order valence-corrected chi connectivity index (χ2v) is 13.0. The highest BCUT2D eigenvalue weighted by atomic mass is 32.2. The summed E-state index contributed by atoms with van der Waals surface area (Å²) in [6.07, 6.45) is 11.0. The van der Waals surface area contributed by atoms with Crippen LogP contribution in [0.5, 0.6) is 0 Å². The zero-order valence-electron chi connectivity index (χ0n) is 23.2. The molecule has 39 heavy (non-hydrogen) atoms. The van der Waals surface area contributed by atoms with E-state index in [-0.39, 0.29) is 29.2 Å². The zero-order chi connectivity index (χ0) is 28.4. The summed E-state index contributed by atoms with van der Waals surface area (Å²) in [5, 5.41) is 2.78. The molecule has 11 heteroatoms. The van der Waals surface area contributed by atoms with Crippen LogP contribution in [-0.4, -0.2) is 67.1 Å². The number of hydrogen-bond acceptors (Lipinski definition) is 7. The number of carbonyl (C=O) groups is 3. The second-order valence-electron chi connectivity index (χ2n) is 11.1. The molecule has 3 heterocycles. The van der Waals surface area contributed by atoms with Gasteiger partial charge >= 0.3 is 0 Å². The summed E-state index contributed by atoms with van der Waals surface area (Å²) in [6, 6.07) is 4.22. The Labute approximate surface area is 232 Å². The van der Waals surface area contributed by atoms with Gasteiger partial charge in [-0.25, -0.2) is 13.4 Å². The molecular formula is C28H44N4O6S. The molecule has 2 aliphatic heterocycles. The van der Waals surface area contributed by atoms with Crippen LogP contribution >= 0.6 is 0 Å². The maximum absolute atomic E-state index is 12.5. The Balaban J connectivity index is 0.000000216. The van der Waals surface area contributed by atoms with Gasteiger partial charge in [0.15, 0.2) is 10.8 Å². The maximum atomic E-state index is 12.5. The lowest BCUT2D eigenvalue weighted by atomic mass is 9.84. The number of Topliss-reactive ketones (excluding diaryl/α,β-unsaturated/α-hetero) is 1. The summed E-state index contributed by atoms with van der Waals surface area (Å²) in [5.74, 6) is 0.0840. The highest BCUT2D eigenvalue weighted by Gasteiger charge is 2.32. The molecule has 218 valence electrons. The minimum atomic E-state index is -3.67. The van der Waals surface area contributed by atoms with Gasteiger partial charge in [-0.1, -0.05) is 52.0 Å². The SMILES string of the molecule is CC1CCCN(S(=O)(=O)c2ccccn2)CC(=O)C1C.NC(=O)[C@H](CC1CCCCC1)NC(=O)[C@H]1CCCO1. The minimum Gasteiger partial charge on any atom is -0.368 e. The predicted molar refractivity (Wildman–Crippen MR) is 147 cm³/mol. The van der Waals surface area contributed by atoms with Crippen molar-refractivity contribution in [3.63, 3.8) is 0 Å². The van der Waals surface area contributed by atoms with Crippen LogP contribution in [0, 0.1) is 17.8 Å².